The summed E-state index contributed by atoms with van der Waals surface area (Å²) in [5.74, 6) is 0.732. The van der Waals surface area contributed by atoms with Gasteiger partial charge in [0.2, 0.25) is 0 Å². The molecule has 0 unspecified atom stereocenters. The molecule has 0 radical (unpaired) electrons. The van der Waals surface area contributed by atoms with E-state index < -0.39 is 0 Å². The van der Waals surface area contributed by atoms with E-state index in [0.29, 0.717) is 31.5 Å². The van der Waals surface area contributed by atoms with Crippen molar-refractivity contribution in [1.29, 1.82) is 0 Å². The van der Waals surface area contributed by atoms with Gasteiger partial charge in [0.1, 0.15) is 6.04 Å². The summed E-state index contributed by atoms with van der Waals surface area (Å²) >= 11 is 0. The Kier molecular flexibility index (Phi) is 5.12. The summed E-state index contributed by atoms with van der Waals surface area (Å²) in [5.41, 5.74) is 2.51. The third-order valence-electron chi connectivity index (χ3n) is 6.62. The average molecular weight is 409 g/mol. The van der Waals surface area contributed by atoms with Crippen LogP contribution >= 0.6 is 0 Å². The third-order valence-corrected chi connectivity index (χ3v) is 6.62. The highest BCUT2D eigenvalue weighted by molar-refractivity contribution is 5.79. The molecule has 158 valence electrons. The van der Waals surface area contributed by atoms with Gasteiger partial charge in [-0.05, 0) is 66.1 Å². The Morgan fingerprint density at radius 3 is 2.67 bits per heavy atom. The van der Waals surface area contributed by atoms with Crippen molar-refractivity contribution in [3.63, 3.8) is 0 Å². The lowest BCUT2D eigenvalue weighted by molar-refractivity contribution is 0.0654. The number of aliphatic hydroxyl groups excluding tert-OH is 1. The summed E-state index contributed by atoms with van der Waals surface area (Å²) in [5, 5.41) is 23.8. The van der Waals surface area contributed by atoms with Crippen molar-refractivity contribution >= 4 is 10.9 Å². The molecule has 1 aromatic carbocycles. The van der Waals surface area contributed by atoms with Crippen LogP contribution in [-0.2, 0) is 0 Å². The molecular formula is C22H28N6O2. The van der Waals surface area contributed by atoms with E-state index in [-0.39, 0.29) is 23.7 Å². The van der Waals surface area contributed by atoms with Gasteiger partial charge >= 0.3 is 0 Å². The number of aliphatic hydroxyl groups is 1. The molecule has 8 nitrogen and oxygen atoms in total. The zero-order valence-electron chi connectivity index (χ0n) is 17.3. The van der Waals surface area contributed by atoms with E-state index in [1.165, 1.54) is 12.8 Å². The van der Waals surface area contributed by atoms with E-state index in [2.05, 4.69) is 31.5 Å². The molecular weight excluding hydrogens is 380 g/mol. The number of nitrogens with one attached hydrogen (secondary N) is 1. The van der Waals surface area contributed by atoms with E-state index in [9.17, 15) is 9.90 Å². The minimum Gasteiger partial charge on any atom is -0.393 e. The molecule has 1 aliphatic heterocycles. The Morgan fingerprint density at radius 2 is 1.90 bits per heavy atom. The molecule has 1 saturated heterocycles. The largest absolute Gasteiger partial charge is 0.393 e. The van der Waals surface area contributed by atoms with Gasteiger partial charge < -0.3 is 10.1 Å². The number of H-pyrrole nitrogens is 1. The van der Waals surface area contributed by atoms with Crippen LogP contribution in [0.25, 0.3) is 10.9 Å². The molecule has 1 atom stereocenters. The van der Waals surface area contributed by atoms with Crippen LogP contribution in [0.4, 0.5) is 0 Å². The molecule has 8 heteroatoms. The van der Waals surface area contributed by atoms with Crippen LogP contribution in [-0.4, -0.2) is 54.4 Å². The molecule has 2 aliphatic rings. The van der Waals surface area contributed by atoms with Crippen LogP contribution in [0.15, 0.2) is 29.1 Å². The Labute approximate surface area is 174 Å². The maximum atomic E-state index is 13.2. The zero-order chi connectivity index (χ0) is 20.7. The van der Waals surface area contributed by atoms with Crippen LogP contribution in [0.1, 0.15) is 67.6 Å². The van der Waals surface area contributed by atoms with Gasteiger partial charge in [-0.15, -0.1) is 5.10 Å². The maximum absolute atomic E-state index is 13.2. The molecule has 1 aliphatic carbocycles. The molecule has 3 aromatic rings. The summed E-state index contributed by atoms with van der Waals surface area (Å²) in [6.45, 7) is 3.42. The Bertz CT molecular complexity index is 1090. The highest BCUT2D eigenvalue weighted by atomic mass is 16.3. The molecule has 5 rings (SSSR count). The lowest BCUT2D eigenvalue weighted by Gasteiger charge is -2.35. The lowest BCUT2D eigenvalue weighted by Crippen LogP contribution is -2.42. The molecule has 30 heavy (non-hydrogen) atoms. The minimum absolute atomic E-state index is 0.106. The number of hydrogen-bond donors (Lipinski definition) is 2. The SMILES string of the molecule is Cc1ccc2cc([C@H](c3nnnn3C3CCCC3)N3CCC(O)CC3)c(=O)[nH]c2c1. The number of tetrazole rings is 1. The van der Waals surface area contributed by atoms with Crippen molar-refractivity contribution in [3.05, 3.63) is 51.6 Å². The van der Waals surface area contributed by atoms with E-state index in [4.69, 9.17) is 0 Å². The Balaban J connectivity index is 1.63. The fourth-order valence-electron chi connectivity index (χ4n) is 4.97. The topological polar surface area (TPSA) is 99.9 Å². The molecule has 1 saturated carbocycles. The second-order valence-electron chi connectivity index (χ2n) is 8.73. The third kappa shape index (κ3) is 3.54. The Morgan fingerprint density at radius 1 is 1.13 bits per heavy atom. The first-order chi connectivity index (χ1) is 14.6. The van der Waals surface area contributed by atoms with E-state index in [1.807, 2.05) is 29.8 Å². The van der Waals surface area contributed by atoms with Crippen molar-refractivity contribution in [2.24, 2.45) is 0 Å². The smallest absolute Gasteiger partial charge is 0.253 e. The summed E-state index contributed by atoms with van der Waals surface area (Å²) < 4.78 is 1.95. The quantitative estimate of drug-likeness (QED) is 0.688. The number of aromatic amines is 1. The number of aromatic nitrogens is 5. The standard InChI is InChI=1S/C22H28N6O2/c1-14-6-7-15-13-18(22(30)23-19(15)12-14)20(27-10-8-17(29)9-11-27)21-24-25-26-28(21)16-4-2-3-5-16/h6-7,12-13,16-17,20,29H,2-5,8-11H2,1H3,(H,23,30)/t20-/m1/s1. The van der Waals surface area contributed by atoms with Crippen molar-refractivity contribution in [2.45, 2.75) is 63.6 Å². The van der Waals surface area contributed by atoms with E-state index >= 15 is 0 Å². The number of piperidine rings is 1. The molecule has 0 amide bonds. The van der Waals surface area contributed by atoms with Gasteiger partial charge in [0.15, 0.2) is 5.82 Å². The van der Waals surface area contributed by atoms with Crippen molar-refractivity contribution < 1.29 is 5.11 Å². The fourth-order valence-corrected chi connectivity index (χ4v) is 4.97. The molecule has 2 aromatic heterocycles. The predicted molar refractivity (Wildman–Crippen MR) is 113 cm³/mol. The lowest BCUT2D eigenvalue weighted by atomic mass is 9.99. The van der Waals surface area contributed by atoms with Crippen LogP contribution in [0.2, 0.25) is 0 Å². The number of rotatable bonds is 4. The number of pyridine rings is 1. The van der Waals surface area contributed by atoms with Gasteiger partial charge in [-0.2, -0.15) is 0 Å². The molecule has 0 spiro atoms. The zero-order valence-corrected chi connectivity index (χ0v) is 17.3. The minimum atomic E-state index is -0.331. The average Bonchev–Trinajstić information content (AvgIpc) is 3.42. The van der Waals surface area contributed by atoms with Gasteiger partial charge in [-0.25, -0.2) is 4.68 Å². The van der Waals surface area contributed by atoms with Crippen LogP contribution in [0.3, 0.4) is 0 Å². The predicted octanol–water partition coefficient (Wildman–Crippen LogP) is 2.48. The van der Waals surface area contributed by atoms with Gasteiger partial charge in [0.05, 0.1) is 12.1 Å². The van der Waals surface area contributed by atoms with Gasteiger partial charge in [0.25, 0.3) is 5.56 Å². The normalized spacial score (nSPS) is 20.2. The van der Waals surface area contributed by atoms with Crippen molar-refractivity contribution in [2.75, 3.05) is 13.1 Å². The fraction of sp³-hybridized carbons (Fsp3) is 0.545. The summed E-state index contributed by atoms with van der Waals surface area (Å²) in [7, 11) is 0. The number of aryl methyl sites for hydroxylation is 1. The number of fused-ring (bicyclic) bond motifs is 1. The number of hydrogen-bond acceptors (Lipinski definition) is 6. The van der Waals surface area contributed by atoms with Crippen LogP contribution in [0, 0.1) is 6.92 Å². The van der Waals surface area contributed by atoms with E-state index in [1.54, 1.807) is 0 Å². The van der Waals surface area contributed by atoms with Gasteiger partial charge in [-0.3, -0.25) is 9.69 Å². The molecule has 0 bridgehead atoms. The highest BCUT2D eigenvalue weighted by Gasteiger charge is 2.34. The highest BCUT2D eigenvalue weighted by Crippen LogP contribution is 2.34. The van der Waals surface area contributed by atoms with Gasteiger partial charge in [-0.1, -0.05) is 25.0 Å². The molecule has 2 N–H and O–H groups in total. The summed E-state index contributed by atoms with van der Waals surface area (Å²) in [6.07, 6.45) is 5.58. The number of nitrogens with zero attached hydrogens (tertiary/aromatic N) is 5. The first kappa shape index (κ1) is 19.4. The second-order valence-corrected chi connectivity index (χ2v) is 8.73. The van der Waals surface area contributed by atoms with Crippen molar-refractivity contribution in [3.8, 4) is 0 Å². The number of benzene rings is 1. The monoisotopic (exact) mass is 408 g/mol. The van der Waals surface area contributed by atoms with Crippen LogP contribution in [0.5, 0.6) is 0 Å². The van der Waals surface area contributed by atoms with Crippen LogP contribution < -0.4 is 5.56 Å². The van der Waals surface area contributed by atoms with E-state index in [0.717, 1.165) is 35.1 Å². The summed E-state index contributed by atoms with van der Waals surface area (Å²) in [6, 6.07) is 8.03. The summed E-state index contributed by atoms with van der Waals surface area (Å²) in [4.78, 5) is 18.5. The second kappa shape index (κ2) is 7.92. The maximum Gasteiger partial charge on any atom is 0.253 e. The van der Waals surface area contributed by atoms with Crippen molar-refractivity contribution in [1.82, 2.24) is 30.1 Å². The number of likely N-dealkylation sites (tertiary alicyclic amines) is 1. The molecule has 3 heterocycles. The first-order valence-corrected chi connectivity index (χ1v) is 10.9. The Hall–Kier alpha value is -2.58. The first-order valence-electron chi connectivity index (χ1n) is 10.9. The van der Waals surface area contributed by atoms with Gasteiger partial charge in [0, 0.05) is 24.2 Å². The molecule has 2 fully saturated rings.